The van der Waals surface area contributed by atoms with E-state index in [1.807, 2.05) is 45.0 Å². The number of nitrogens with zero attached hydrogens (tertiary/aromatic N) is 2. The van der Waals surface area contributed by atoms with Crippen molar-refractivity contribution in [2.75, 3.05) is 13.7 Å². The lowest BCUT2D eigenvalue weighted by atomic mass is 10.1. The first-order valence-corrected chi connectivity index (χ1v) is 9.61. The van der Waals surface area contributed by atoms with E-state index in [0.717, 1.165) is 5.69 Å². The number of hydrogen-bond donors (Lipinski definition) is 0. The predicted octanol–water partition coefficient (Wildman–Crippen LogP) is 3.56. The van der Waals surface area contributed by atoms with Gasteiger partial charge in [-0.1, -0.05) is 6.92 Å². The molecular weight excluding hydrogens is 352 g/mol. The van der Waals surface area contributed by atoms with Crippen LogP contribution in [-0.4, -0.2) is 31.9 Å². The molecule has 6 nitrogen and oxygen atoms in total. The molecule has 0 N–H and O–H groups in total. The lowest BCUT2D eigenvalue weighted by molar-refractivity contribution is 0.364. The maximum absolute atomic E-state index is 12.9. The molecule has 2 rings (SSSR count). The molecule has 0 amide bonds. The zero-order valence-corrected chi connectivity index (χ0v) is 16.9. The third-order valence-electron chi connectivity index (χ3n) is 3.98. The summed E-state index contributed by atoms with van der Waals surface area (Å²) in [5, 5.41) is 0. The van der Waals surface area contributed by atoms with E-state index >= 15 is 0 Å². The van der Waals surface area contributed by atoms with Crippen molar-refractivity contribution in [3.05, 3.63) is 46.6 Å². The molecule has 0 radical (unpaired) electrons. The van der Waals surface area contributed by atoms with Crippen molar-refractivity contribution in [3.8, 4) is 17.1 Å². The summed E-state index contributed by atoms with van der Waals surface area (Å²) < 4.78 is 25.2. The fourth-order valence-corrected chi connectivity index (χ4v) is 3.94. The zero-order valence-electron chi connectivity index (χ0n) is 16.1. The smallest absolute Gasteiger partial charge is 0.185 e. The Bertz CT molecular complexity index is 842. The third kappa shape index (κ3) is 4.40. The van der Waals surface area contributed by atoms with Crippen LogP contribution in [0.15, 0.2) is 39.9 Å². The molecule has 0 spiro atoms. The van der Waals surface area contributed by atoms with E-state index in [-0.39, 0.29) is 16.2 Å². The summed E-state index contributed by atoms with van der Waals surface area (Å²) in [6, 6.07) is 4.41. The first kappa shape index (κ1) is 20.3. The molecule has 142 valence electrons. The van der Waals surface area contributed by atoms with Gasteiger partial charge in [-0.05, 0) is 33.8 Å². The second kappa shape index (κ2) is 8.14. The Morgan fingerprint density at radius 3 is 2.58 bits per heavy atom. The van der Waals surface area contributed by atoms with Crippen LogP contribution in [0.25, 0.3) is 11.3 Å². The van der Waals surface area contributed by atoms with Crippen LogP contribution in [0.5, 0.6) is 5.75 Å². The number of pyridine rings is 1. The van der Waals surface area contributed by atoms with Gasteiger partial charge in [0.05, 0.1) is 41.6 Å². The van der Waals surface area contributed by atoms with Crippen LogP contribution in [-0.2, 0) is 11.0 Å². The molecule has 2 aromatic rings. The largest absolute Gasteiger partial charge is 0.494 e. The highest BCUT2D eigenvalue weighted by Gasteiger charge is 2.30. The minimum absolute atomic E-state index is 0.149. The summed E-state index contributed by atoms with van der Waals surface area (Å²) in [4.78, 5) is 16.1. The van der Waals surface area contributed by atoms with Gasteiger partial charge in [0.2, 0.25) is 0 Å². The van der Waals surface area contributed by atoms with Crippen molar-refractivity contribution >= 4 is 11.0 Å². The summed E-state index contributed by atoms with van der Waals surface area (Å²) in [5.74, 6) is 0.917. The van der Waals surface area contributed by atoms with Crippen molar-refractivity contribution < 1.29 is 13.4 Å². The molecule has 0 unspecified atom stereocenters. The highest BCUT2D eigenvalue weighted by Crippen LogP contribution is 2.33. The standard InChI is InChI=1S/C19H26N2O4S/c1-7-21(26(23)19(3,4)5)13(2)16-11-15(18(24-6)12-20-16)17-10-14(22)8-9-25-17/h8-13H,7H2,1-6H3/t13-,26-/m1/s1. The highest BCUT2D eigenvalue weighted by molar-refractivity contribution is 7.84. The summed E-state index contributed by atoms with van der Waals surface area (Å²) >= 11 is 0. The van der Waals surface area contributed by atoms with Crippen molar-refractivity contribution in [1.29, 1.82) is 0 Å². The van der Waals surface area contributed by atoms with Gasteiger partial charge < -0.3 is 9.15 Å². The number of hydrogen-bond acceptors (Lipinski definition) is 5. The van der Waals surface area contributed by atoms with E-state index in [9.17, 15) is 9.00 Å². The monoisotopic (exact) mass is 378 g/mol. The van der Waals surface area contributed by atoms with Gasteiger partial charge >= 0.3 is 0 Å². The Kier molecular flexibility index (Phi) is 6.36. The molecule has 0 aliphatic heterocycles. The molecule has 0 aliphatic rings. The van der Waals surface area contributed by atoms with E-state index in [2.05, 4.69) is 4.98 Å². The lowest BCUT2D eigenvalue weighted by Crippen LogP contribution is -2.39. The molecule has 0 aromatic carbocycles. The molecule has 0 saturated carbocycles. The quantitative estimate of drug-likeness (QED) is 0.768. The molecule has 2 aromatic heterocycles. The fourth-order valence-electron chi connectivity index (χ4n) is 2.60. The Labute approximate surface area is 156 Å². The number of aromatic nitrogens is 1. The second-order valence-electron chi connectivity index (χ2n) is 6.91. The Morgan fingerprint density at radius 1 is 1.35 bits per heavy atom. The van der Waals surface area contributed by atoms with Crippen LogP contribution in [0.2, 0.25) is 0 Å². The van der Waals surface area contributed by atoms with E-state index in [1.54, 1.807) is 6.20 Å². The van der Waals surface area contributed by atoms with Gasteiger partial charge in [-0.15, -0.1) is 0 Å². The SMILES string of the molecule is CCN([C@H](C)c1cc(-c2cc(=O)cco2)c(OC)cn1)[S@](=O)C(C)(C)C. The van der Waals surface area contributed by atoms with Gasteiger partial charge in [-0.25, -0.2) is 8.51 Å². The van der Waals surface area contributed by atoms with Gasteiger partial charge in [0.15, 0.2) is 5.43 Å². The summed E-state index contributed by atoms with van der Waals surface area (Å²) in [5.41, 5.74) is 1.22. The maximum atomic E-state index is 12.9. The molecule has 2 heterocycles. The van der Waals surface area contributed by atoms with Crippen LogP contribution in [0, 0.1) is 0 Å². The van der Waals surface area contributed by atoms with E-state index in [4.69, 9.17) is 9.15 Å². The van der Waals surface area contributed by atoms with Gasteiger partial charge in [0.1, 0.15) is 22.5 Å². The summed E-state index contributed by atoms with van der Waals surface area (Å²) in [6.45, 7) is 10.4. The molecule has 0 bridgehead atoms. The fraction of sp³-hybridized carbons (Fsp3) is 0.474. The van der Waals surface area contributed by atoms with Crippen molar-refractivity contribution in [1.82, 2.24) is 9.29 Å². The molecule has 7 heteroatoms. The van der Waals surface area contributed by atoms with E-state index in [1.165, 1.54) is 25.5 Å². The minimum atomic E-state index is -1.18. The third-order valence-corrected chi connectivity index (χ3v) is 6.03. The van der Waals surface area contributed by atoms with Gasteiger partial charge in [0.25, 0.3) is 0 Å². The molecule has 0 aliphatic carbocycles. The minimum Gasteiger partial charge on any atom is -0.494 e. The summed E-state index contributed by atoms with van der Waals surface area (Å²) in [7, 11) is 0.360. The highest BCUT2D eigenvalue weighted by atomic mass is 32.2. The molecule has 2 atom stereocenters. The van der Waals surface area contributed by atoms with E-state index in [0.29, 0.717) is 23.6 Å². The molecule has 0 saturated heterocycles. The van der Waals surface area contributed by atoms with Crippen molar-refractivity contribution in [2.24, 2.45) is 0 Å². The molecule has 26 heavy (non-hydrogen) atoms. The first-order valence-electron chi connectivity index (χ1n) is 8.50. The van der Waals surface area contributed by atoms with Crippen LogP contribution < -0.4 is 10.2 Å². The predicted molar refractivity (Wildman–Crippen MR) is 103 cm³/mol. The van der Waals surface area contributed by atoms with Crippen LogP contribution in [0.1, 0.15) is 46.4 Å². The van der Waals surface area contributed by atoms with E-state index < -0.39 is 11.0 Å². The number of methoxy groups -OCH3 is 1. The van der Waals surface area contributed by atoms with Crippen LogP contribution in [0.3, 0.4) is 0 Å². The Morgan fingerprint density at radius 2 is 2.04 bits per heavy atom. The second-order valence-corrected chi connectivity index (χ2v) is 9.10. The van der Waals surface area contributed by atoms with Crippen LogP contribution in [0.4, 0.5) is 0 Å². The Hall–Kier alpha value is -1.99. The molecular formula is C19H26N2O4S. The topological polar surface area (TPSA) is 72.6 Å². The van der Waals surface area contributed by atoms with Gasteiger partial charge in [-0.3, -0.25) is 9.78 Å². The average molecular weight is 378 g/mol. The average Bonchev–Trinajstić information content (AvgIpc) is 2.60. The van der Waals surface area contributed by atoms with Gasteiger partial charge in [0, 0.05) is 18.7 Å². The Balaban J connectivity index is 2.49. The van der Waals surface area contributed by atoms with Gasteiger partial charge in [-0.2, -0.15) is 0 Å². The maximum Gasteiger partial charge on any atom is 0.185 e. The lowest BCUT2D eigenvalue weighted by Gasteiger charge is -2.32. The molecule has 0 fully saturated rings. The van der Waals surface area contributed by atoms with Crippen LogP contribution >= 0.6 is 0 Å². The number of rotatable bonds is 6. The number of ether oxygens (including phenoxy) is 1. The first-order chi connectivity index (χ1) is 12.2. The van der Waals surface area contributed by atoms with Crippen molar-refractivity contribution in [3.63, 3.8) is 0 Å². The summed E-state index contributed by atoms with van der Waals surface area (Å²) in [6.07, 6.45) is 2.95. The zero-order chi connectivity index (χ0) is 19.5. The normalized spacial score (nSPS) is 14.3. The van der Waals surface area contributed by atoms with Crippen molar-refractivity contribution in [2.45, 2.75) is 45.4 Å².